The van der Waals surface area contributed by atoms with Crippen LogP contribution >= 0.6 is 0 Å². The average molecular weight is 295 g/mol. The Morgan fingerprint density at radius 3 is 2.71 bits per heavy atom. The maximum absolute atomic E-state index is 11.8. The molecule has 0 spiro atoms. The molecule has 1 aromatic rings. The van der Waals surface area contributed by atoms with E-state index in [-0.39, 0.29) is 12.8 Å². The zero-order valence-electron chi connectivity index (χ0n) is 11.8. The first kappa shape index (κ1) is 16.4. The van der Waals surface area contributed by atoms with Gasteiger partial charge in [0.15, 0.2) is 0 Å². The Morgan fingerprint density at radius 1 is 1.43 bits per heavy atom. The fourth-order valence-electron chi connectivity index (χ4n) is 1.53. The molecule has 0 bridgehead atoms. The highest BCUT2D eigenvalue weighted by Gasteiger charge is 2.21. The molecule has 0 radical (unpaired) electrons. The molecule has 0 saturated heterocycles. The summed E-state index contributed by atoms with van der Waals surface area (Å²) < 4.78 is 4.43. The minimum absolute atomic E-state index is 0.0541. The molecule has 0 aliphatic heterocycles. The Labute approximate surface area is 121 Å². The zero-order chi connectivity index (χ0) is 15.8. The second-order valence-corrected chi connectivity index (χ2v) is 4.29. The SMILES string of the molecule is COC(=O)CC[C@@H](NC(=O)Nc1cnccc1C)C(=O)O. The van der Waals surface area contributed by atoms with Gasteiger partial charge in [0.2, 0.25) is 0 Å². The molecule has 0 fully saturated rings. The van der Waals surface area contributed by atoms with Crippen molar-refractivity contribution in [2.45, 2.75) is 25.8 Å². The summed E-state index contributed by atoms with van der Waals surface area (Å²) in [6, 6.07) is -0.147. The predicted octanol–water partition coefficient (Wildman–Crippen LogP) is 0.918. The van der Waals surface area contributed by atoms with Crippen molar-refractivity contribution in [3.8, 4) is 0 Å². The van der Waals surface area contributed by atoms with Gasteiger partial charge in [0.25, 0.3) is 0 Å². The average Bonchev–Trinajstić information content (AvgIpc) is 2.45. The molecule has 1 aromatic heterocycles. The number of pyridine rings is 1. The van der Waals surface area contributed by atoms with E-state index in [1.165, 1.54) is 13.3 Å². The number of esters is 1. The predicted molar refractivity (Wildman–Crippen MR) is 73.8 cm³/mol. The van der Waals surface area contributed by atoms with Gasteiger partial charge in [-0.15, -0.1) is 0 Å². The van der Waals surface area contributed by atoms with Gasteiger partial charge in [-0.05, 0) is 25.0 Å². The minimum atomic E-state index is -1.23. The Bertz CT molecular complexity index is 532. The van der Waals surface area contributed by atoms with Crippen molar-refractivity contribution in [1.82, 2.24) is 10.3 Å². The number of ether oxygens (including phenoxy) is 1. The summed E-state index contributed by atoms with van der Waals surface area (Å²) in [6.45, 7) is 1.78. The third-order valence-electron chi connectivity index (χ3n) is 2.76. The fraction of sp³-hybridized carbons (Fsp3) is 0.385. The third kappa shape index (κ3) is 5.47. The molecule has 8 heteroatoms. The topological polar surface area (TPSA) is 118 Å². The number of nitrogens with zero attached hydrogens (tertiary/aromatic N) is 1. The molecule has 3 N–H and O–H groups in total. The molecule has 8 nitrogen and oxygen atoms in total. The Kier molecular flexibility index (Phi) is 6.12. The number of aliphatic carboxylic acids is 1. The van der Waals surface area contributed by atoms with Crippen LogP contribution in [0.4, 0.5) is 10.5 Å². The third-order valence-corrected chi connectivity index (χ3v) is 2.76. The van der Waals surface area contributed by atoms with Crippen LogP contribution in [0.25, 0.3) is 0 Å². The number of carbonyl (C=O) groups excluding carboxylic acids is 2. The van der Waals surface area contributed by atoms with E-state index in [0.717, 1.165) is 5.56 Å². The number of hydrogen-bond acceptors (Lipinski definition) is 5. The first-order chi connectivity index (χ1) is 9.93. The number of methoxy groups -OCH3 is 1. The van der Waals surface area contributed by atoms with Crippen LogP contribution in [0.5, 0.6) is 0 Å². The summed E-state index contributed by atoms with van der Waals surface area (Å²) in [5.41, 5.74) is 1.27. The van der Waals surface area contributed by atoms with E-state index in [0.29, 0.717) is 5.69 Å². The summed E-state index contributed by atoms with van der Waals surface area (Å²) in [5, 5.41) is 13.8. The van der Waals surface area contributed by atoms with Crippen molar-refractivity contribution in [3.05, 3.63) is 24.0 Å². The molecule has 1 heterocycles. The van der Waals surface area contributed by atoms with Gasteiger partial charge in [-0.1, -0.05) is 0 Å². The van der Waals surface area contributed by atoms with Crippen LogP contribution < -0.4 is 10.6 Å². The van der Waals surface area contributed by atoms with Crippen LogP contribution in [0.15, 0.2) is 18.5 Å². The standard InChI is InChI=1S/C13H17N3O5/c1-8-5-6-14-7-10(8)16-13(20)15-9(12(18)19)3-4-11(17)21-2/h5-7,9H,3-4H2,1-2H3,(H,18,19)(H2,15,16,20)/t9-/m1/s1. The lowest BCUT2D eigenvalue weighted by Gasteiger charge is -2.15. The number of carboxylic acids is 1. The molecular weight excluding hydrogens is 278 g/mol. The molecular formula is C13H17N3O5. The smallest absolute Gasteiger partial charge is 0.326 e. The molecule has 1 atom stereocenters. The van der Waals surface area contributed by atoms with Crippen molar-refractivity contribution in [2.75, 3.05) is 12.4 Å². The Hall–Kier alpha value is -2.64. The Balaban J connectivity index is 2.58. The second-order valence-electron chi connectivity index (χ2n) is 4.29. The molecule has 21 heavy (non-hydrogen) atoms. The van der Waals surface area contributed by atoms with Gasteiger partial charge in [0.1, 0.15) is 6.04 Å². The quantitative estimate of drug-likeness (QED) is 0.672. The van der Waals surface area contributed by atoms with E-state index >= 15 is 0 Å². The molecule has 0 unspecified atom stereocenters. The number of carbonyl (C=O) groups is 3. The molecule has 114 valence electrons. The van der Waals surface area contributed by atoms with Gasteiger partial charge in [0, 0.05) is 12.6 Å². The normalized spacial score (nSPS) is 11.3. The number of urea groups is 1. The van der Waals surface area contributed by atoms with Crippen LogP contribution in [0.2, 0.25) is 0 Å². The highest BCUT2D eigenvalue weighted by atomic mass is 16.5. The molecule has 0 aliphatic rings. The summed E-state index contributed by atoms with van der Waals surface area (Å²) in [7, 11) is 1.21. The van der Waals surface area contributed by atoms with Gasteiger partial charge in [-0.3, -0.25) is 9.78 Å². The fourth-order valence-corrected chi connectivity index (χ4v) is 1.53. The number of nitrogens with one attached hydrogen (secondary N) is 2. The number of carboxylic acid groups (broad SMARTS) is 1. The van der Waals surface area contributed by atoms with Gasteiger partial charge >= 0.3 is 18.0 Å². The lowest BCUT2D eigenvalue weighted by molar-refractivity contribution is -0.142. The lowest BCUT2D eigenvalue weighted by atomic mass is 10.1. The van der Waals surface area contributed by atoms with Crippen molar-refractivity contribution in [1.29, 1.82) is 0 Å². The van der Waals surface area contributed by atoms with Crippen molar-refractivity contribution < 1.29 is 24.2 Å². The zero-order valence-corrected chi connectivity index (χ0v) is 11.8. The van der Waals surface area contributed by atoms with Crippen molar-refractivity contribution in [3.63, 3.8) is 0 Å². The highest BCUT2D eigenvalue weighted by Crippen LogP contribution is 2.11. The number of anilines is 1. The molecule has 0 saturated carbocycles. The maximum atomic E-state index is 11.8. The van der Waals surface area contributed by atoms with E-state index < -0.39 is 24.0 Å². The van der Waals surface area contributed by atoms with Crippen molar-refractivity contribution in [2.24, 2.45) is 0 Å². The highest BCUT2D eigenvalue weighted by molar-refractivity contribution is 5.92. The molecule has 1 rings (SSSR count). The lowest BCUT2D eigenvalue weighted by Crippen LogP contribution is -2.43. The van der Waals surface area contributed by atoms with E-state index in [1.54, 1.807) is 19.2 Å². The van der Waals surface area contributed by atoms with E-state index in [1.807, 2.05) is 0 Å². The van der Waals surface area contributed by atoms with Crippen LogP contribution in [-0.2, 0) is 14.3 Å². The van der Waals surface area contributed by atoms with Gasteiger partial charge in [0.05, 0.1) is 19.0 Å². The minimum Gasteiger partial charge on any atom is -0.480 e. The van der Waals surface area contributed by atoms with Gasteiger partial charge < -0.3 is 20.5 Å². The first-order valence-corrected chi connectivity index (χ1v) is 6.21. The van der Waals surface area contributed by atoms with Crippen LogP contribution in [0.3, 0.4) is 0 Å². The van der Waals surface area contributed by atoms with Gasteiger partial charge in [-0.2, -0.15) is 0 Å². The summed E-state index contributed by atoms with van der Waals surface area (Å²) in [6.07, 6.45) is 2.88. The number of aromatic nitrogens is 1. The second kappa shape index (κ2) is 7.83. The number of amides is 2. The number of hydrogen-bond donors (Lipinski definition) is 3. The van der Waals surface area contributed by atoms with E-state index in [2.05, 4.69) is 20.4 Å². The first-order valence-electron chi connectivity index (χ1n) is 6.21. The van der Waals surface area contributed by atoms with E-state index in [9.17, 15) is 14.4 Å². The van der Waals surface area contributed by atoms with Gasteiger partial charge in [-0.25, -0.2) is 9.59 Å². The largest absolute Gasteiger partial charge is 0.480 e. The molecule has 0 aromatic carbocycles. The number of aryl methyl sites for hydroxylation is 1. The summed E-state index contributed by atoms with van der Waals surface area (Å²) >= 11 is 0. The van der Waals surface area contributed by atoms with Crippen molar-refractivity contribution >= 4 is 23.7 Å². The summed E-state index contributed by atoms with van der Waals surface area (Å²) in [4.78, 5) is 37.7. The Morgan fingerprint density at radius 2 is 2.14 bits per heavy atom. The molecule has 0 aliphatic carbocycles. The maximum Gasteiger partial charge on any atom is 0.326 e. The van der Waals surface area contributed by atoms with Crippen LogP contribution in [0.1, 0.15) is 18.4 Å². The van der Waals surface area contributed by atoms with Crippen LogP contribution in [0, 0.1) is 6.92 Å². The number of rotatable bonds is 6. The van der Waals surface area contributed by atoms with E-state index in [4.69, 9.17) is 5.11 Å². The summed E-state index contributed by atoms with van der Waals surface area (Å²) in [5.74, 6) is -1.76. The monoisotopic (exact) mass is 295 g/mol. The molecule has 2 amide bonds. The van der Waals surface area contributed by atoms with Crippen LogP contribution in [-0.4, -0.2) is 41.2 Å².